The molecule has 18 heavy (non-hydrogen) atoms. The van der Waals surface area contributed by atoms with Gasteiger partial charge in [-0.1, -0.05) is 6.92 Å². The van der Waals surface area contributed by atoms with E-state index in [0.29, 0.717) is 12.4 Å². The predicted molar refractivity (Wildman–Crippen MR) is 72.7 cm³/mol. The topological polar surface area (TPSA) is 78.9 Å². The molecule has 1 aromatic heterocycles. The van der Waals surface area contributed by atoms with Crippen LogP contribution in [0.15, 0.2) is 6.07 Å². The van der Waals surface area contributed by atoms with Gasteiger partial charge >= 0.3 is 0 Å². The van der Waals surface area contributed by atoms with E-state index in [4.69, 9.17) is 0 Å². The monoisotopic (exact) mass is 251 g/mol. The first-order chi connectivity index (χ1) is 8.69. The molecule has 6 nitrogen and oxygen atoms in total. The summed E-state index contributed by atoms with van der Waals surface area (Å²) in [5.41, 5.74) is 0. The number of nitrogens with zero attached hydrogens (tertiary/aromatic N) is 2. The van der Waals surface area contributed by atoms with E-state index in [1.165, 1.54) is 0 Å². The zero-order valence-electron chi connectivity index (χ0n) is 11.2. The lowest BCUT2D eigenvalue weighted by molar-refractivity contribution is -0.119. The highest BCUT2D eigenvalue weighted by molar-refractivity contribution is 5.80. The molecule has 0 radical (unpaired) electrons. The average Bonchev–Trinajstić information content (AvgIpc) is 2.37. The maximum atomic E-state index is 11.3. The largest absolute Gasteiger partial charge is 0.373 e. The lowest BCUT2D eigenvalue weighted by Gasteiger charge is -2.09. The van der Waals surface area contributed by atoms with Crippen LogP contribution in [-0.4, -0.2) is 36.0 Å². The van der Waals surface area contributed by atoms with Crippen molar-refractivity contribution in [2.75, 3.05) is 30.8 Å². The minimum absolute atomic E-state index is 0.0424. The summed E-state index contributed by atoms with van der Waals surface area (Å²) in [6.07, 6.45) is 1.81. The molecule has 1 amide bonds. The molecule has 0 aromatic carbocycles. The number of hydrogen-bond acceptors (Lipinski definition) is 5. The minimum atomic E-state index is -0.0424. The van der Waals surface area contributed by atoms with Gasteiger partial charge in [0.25, 0.3) is 0 Å². The van der Waals surface area contributed by atoms with Crippen molar-refractivity contribution in [2.24, 2.45) is 0 Å². The van der Waals surface area contributed by atoms with Crippen LogP contribution in [-0.2, 0) is 11.2 Å². The van der Waals surface area contributed by atoms with Crippen molar-refractivity contribution in [1.82, 2.24) is 15.3 Å². The summed E-state index contributed by atoms with van der Waals surface area (Å²) in [6, 6.07) is 1.79. The Hall–Kier alpha value is -1.85. The van der Waals surface area contributed by atoms with Gasteiger partial charge in [-0.05, 0) is 13.3 Å². The smallest absolute Gasteiger partial charge is 0.239 e. The predicted octanol–water partition coefficient (Wildman–Crippen LogP) is 1.02. The molecular weight excluding hydrogens is 230 g/mol. The highest BCUT2D eigenvalue weighted by atomic mass is 16.1. The number of aryl methyl sites for hydroxylation is 1. The third kappa shape index (κ3) is 4.57. The normalized spacial score (nSPS) is 9.94. The summed E-state index contributed by atoms with van der Waals surface area (Å²) in [5.74, 6) is 2.16. The number of rotatable bonds is 7. The Morgan fingerprint density at radius 2 is 2.00 bits per heavy atom. The molecule has 0 aliphatic carbocycles. The summed E-state index contributed by atoms with van der Waals surface area (Å²) < 4.78 is 0. The molecule has 0 aliphatic heterocycles. The van der Waals surface area contributed by atoms with Crippen molar-refractivity contribution in [2.45, 2.75) is 26.7 Å². The second kappa shape index (κ2) is 7.47. The zero-order valence-corrected chi connectivity index (χ0v) is 11.2. The third-order valence-electron chi connectivity index (χ3n) is 2.31. The summed E-state index contributed by atoms with van der Waals surface area (Å²) in [5, 5.41) is 8.71. The van der Waals surface area contributed by atoms with Crippen molar-refractivity contribution in [3.63, 3.8) is 0 Å². The van der Waals surface area contributed by atoms with Gasteiger partial charge < -0.3 is 16.0 Å². The van der Waals surface area contributed by atoms with Crippen molar-refractivity contribution in [1.29, 1.82) is 0 Å². The number of amides is 1. The van der Waals surface area contributed by atoms with E-state index in [1.807, 2.05) is 14.0 Å². The molecular formula is C12H21N5O. The van der Waals surface area contributed by atoms with Gasteiger partial charge in [-0.15, -0.1) is 0 Å². The maximum Gasteiger partial charge on any atom is 0.239 e. The van der Waals surface area contributed by atoms with Crippen molar-refractivity contribution in [3.05, 3.63) is 11.9 Å². The Kier molecular flexibility index (Phi) is 5.90. The number of carbonyl (C=O) groups excluding carboxylic acids is 1. The van der Waals surface area contributed by atoms with Gasteiger partial charge in [0.2, 0.25) is 5.91 Å². The van der Waals surface area contributed by atoms with Gasteiger partial charge in [0.1, 0.15) is 17.5 Å². The summed E-state index contributed by atoms with van der Waals surface area (Å²) in [4.78, 5) is 20.1. The Morgan fingerprint density at radius 1 is 1.28 bits per heavy atom. The van der Waals surface area contributed by atoms with Crippen LogP contribution in [0, 0.1) is 0 Å². The van der Waals surface area contributed by atoms with Gasteiger partial charge in [-0.3, -0.25) is 4.79 Å². The molecule has 0 aliphatic rings. The van der Waals surface area contributed by atoms with Crippen LogP contribution in [0.1, 0.15) is 26.1 Å². The van der Waals surface area contributed by atoms with Crippen LogP contribution >= 0.6 is 0 Å². The lowest BCUT2D eigenvalue weighted by Crippen LogP contribution is -2.29. The highest BCUT2D eigenvalue weighted by Gasteiger charge is 2.05. The quantitative estimate of drug-likeness (QED) is 0.674. The molecule has 6 heteroatoms. The summed E-state index contributed by atoms with van der Waals surface area (Å²) >= 11 is 0. The number of aromatic nitrogens is 2. The van der Waals surface area contributed by atoms with Crippen LogP contribution in [0.4, 0.5) is 11.6 Å². The standard InChI is InChI=1S/C12H21N5O/c1-4-6-9-16-10(13-3)7-11(17-9)15-8-12(18)14-5-2/h7H,4-6,8H2,1-3H3,(H,14,18)(H2,13,15,16,17). The Labute approximate surface area is 108 Å². The summed E-state index contributed by atoms with van der Waals surface area (Å²) in [6.45, 7) is 4.82. The van der Waals surface area contributed by atoms with E-state index in [-0.39, 0.29) is 12.5 Å². The number of anilines is 2. The fraction of sp³-hybridized carbons (Fsp3) is 0.583. The zero-order chi connectivity index (χ0) is 13.4. The fourth-order valence-corrected chi connectivity index (χ4v) is 1.48. The van der Waals surface area contributed by atoms with E-state index in [1.54, 1.807) is 6.07 Å². The molecule has 0 unspecified atom stereocenters. The van der Waals surface area contributed by atoms with Crippen molar-refractivity contribution < 1.29 is 4.79 Å². The van der Waals surface area contributed by atoms with Gasteiger partial charge in [0.15, 0.2) is 0 Å². The van der Waals surface area contributed by atoms with Crippen molar-refractivity contribution in [3.8, 4) is 0 Å². The Morgan fingerprint density at radius 3 is 2.61 bits per heavy atom. The molecule has 0 fully saturated rings. The summed E-state index contributed by atoms with van der Waals surface area (Å²) in [7, 11) is 1.81. The number of nitrogens with one attached hydrogen (secondary N) is 3. The minimum Gasteiger partial charge on any atom is -0.373 e. The SMILES string of the molecule is CCCc1nc(NC)cc(NCC(=O)NCC)n1. The molecule has 0 saturated carbocycles. The van der Waals surface area contributed by atoms with Gasteiger partial charge in [-0.2, -0.15) is 0 Å². The van der Waals surface area contributed by atoms with Crippen LogP contribution in [0.2, 0.25) is 0 Å². The number of carbonyl (C=O) groups is 1. The first kappa shape index (κ1) is 14.2. The number of likely N-dealkylation sites (N-methyl/N-ethyl adjacent to an activating group) is 1. The average molecular weight is 251 g/mol. The highest BCUT2D eigenvalue weighted by Crippen LogP contribution is 2.11. The molecule has 1 aromatic rings. The molecule has 1 rings (SSSR count). The van der Waals surface area contributed by atoms with Crippen LogP contribution < -0.4 is 16.0 Å². The van der Waals surface area contributed by atoms with Crippen LogP contribution in [0.5, 0.6) is 0 Å². The Bertz CT molecular complexity index is 394. The van der Waals surface area contributed by atoms with E-state index in [0.717, 1.165) is 24.5 Å². The second-order valence-electron chi connectivity index (χ2n) is 3.86. The van der Waals surface area contributed by atoms with Crippen LogP contribution in [0.25, 0.3) is 0 Å². The molecule has 100 valence electrons. The molecule has 0 saturated heterocycles. The fourth-order valence-electron chi connectivity index (χ4n) is 1.48. The van der Waals surface area contributed by atoms with Gasteiger partial charge in [-0.25, -0.2) is 9.97 Å². The van der Waals surface area contributed by atoms with Gasteiger partial charge in [0.05, 0.1) is 6.54 Å². The first-order valence-corrected chi connectivity index (χ1v) is 6.25. The first-order valence-electron chi connectivity index (χ1n) is 6.25. The second-order valence-corrected chi connectivity index (χ2v) is 3.86. The molecule has 1 heterocycles. The molecule has 0 bridgehead atoms. The van der Waals surface area contributed by atoms with E-state index in [9.17, 15) is 4.79 Å². The van der Waals surface area contributed by atoms with Crippen LogP contribution in [0.3, 0.4) is 0 Å². The number of hydrogen-bond donors (Lipinski definition) is 3. The van der Waals surface area contributed by atoms with E-state index < -0.39 is 0 Å². The maximum absolute atomic E-state index is 11.3. The molecule has 3 N–H and O–H groups in total. The van der Waals surface area contributed by atoms with E-state index in [2.05, 4.69) is 32.8 Å². The van der Waals surface area contributed by atoms with E-state index >= 15 is 0 Å². The lowest BCUT2D eigenvalue weighted by atomic mass is 10.3. The third-order valence-corrected chi connectivity index (χ3v) is 2.31. The molecule has 0 spiro atoms. The van der Waals surface area contributed by atoms with Crippen molar-refractivity contribution >= 4 is 17.5 Å². The van der Waals surface area contributed by atoms with Gasteiger partial charge in [0, 0.05) is 26.1 Å². The Balaban J connectivity index is 2.68. The molecule has 0 atom stereocenters.